The zero-order chi connectivity index (χ0) is 4.28. The van der Waals surface area contributed by atoms with E-state index in [9.17, 15) is 0 Å². The first-order chi connectivity index (χ1) is 2.27. The first-order valence-corrected chi connectivity index (χ1v) is 0.814. The minimum atomic E-state index is -1.69. The molecule has 0 aromatic carbocycles. The molecule has 0 radical (unpaired) electrons. The molecule has 4 nitrogen and oxygen atoms in total. The third kappa shape index (κ3) is 19.4. The molecule has 0 rings (SSSR count). The molecule has 7 heavy (non-hydrogen) atoms. The molecular formula is CH7AlCaO4. The van der Waals surface area contributed by atoms with Crippen molar-refractivity contribution in [2.24, 2.45) is 0 Å². The second kappa shape index (κ2) is 10.1. The normalized spacial score (nSPS) is 4.71. The topological polar surface area (TPSA) is 66.8 Å². The number of carboxylic acid groups (broad SMARTS) is 1. The van der Waals surface area contributed by atoms with E-state index in [0.717, 1.165) is 0 Å². The molecule has 0 heterocycles. The fourth-order valence-corrected chi connectivity index (χ4v) is 0. The van der Waals surface area contributed by atoms with Crippen molar-refractivity contribution in [3.05, 3.63) is 0 Å². The Balaban J connectivity index is -0.0000000800. The van der Waals surface area contributed by atoms with Gasteiger partial charge < -0.3 is 5.11 Å². The molecule has 0 unspecified atom stereocenters. The fourth-order valence-electron chi connectivity index (χ4n) is 0. The van der Waals surface area contributed by atoms with E-state index in [0.29, 0.717) is 0 Å². The van der Waals surface area contributed by atoms with Crippen molar-refractivity contribution in [1.29, 1.82) is 0 Å². The van der Waals surface area contributed by atoms with Crippen molar-refractivity contribution < 1.29 is 20.0 Å². The van der Waals surface area contributed by atoms with E-state index in [1.54, 1.807) is 0 Å². The van der Waals surface area contributed by atoms with Crippen molar-refractivity contribution in [1.82, 2.24) is 0 Å². The third-order valence-electron chi connectivity index (χ3n) is 0.0781. The number of hydrogen-bond donors (Lipinski definition) is 2. The number of rotatable bonds is 0. The molecule has 0 saturated heterocycles. The zero-order valence-corrected chi connectivity index (χ0v) is 2.21. The Kier molecular flexibility index (Phi) is 22.6. The molecule has 0 aliphatic heterocycles. The number of carbonyl (C=O) groups is 1. The SMILES string of the molecule is O=C(O)OO.[AlH3].[CaH2]. The van der Waals surface area contributed by atoms with E-state index in [2.05, 4.69) is 4.89 Å². The van der Waals surface area contributed by atoms with Gasteiger partial charge in [-0.3, -0.25) is 4.89 Å². The van der Waals surface area contributed by atoms with Gasteiger partial charge in [0.25, 0.3) is 0 Å². The van der Waals surface area contributed by atoms with Gasteiger partial charge in [0.05, 0.1) is 0 Å². The van der Waals surface area contributed by atoms with Crippen LogP contribution in [-0.4, -0.2) is 71.6 Å². The van der Waals surface area contributed by atoms with Crippen LogP contribution in [0.15, 0.2) is 0 Å². The van der Waals surface area contributed by atoms with Crippen LogP contribution in [0.25, 0.3) is 0 Å². The van der Waals surface area contributed by atoms with Crippen LogP contribution in [0.4, 0.5) is 4.79 Å². The molecule has 6 heteroatoms. The molecule has 0 aliphatic carbocycles. The van der Waals surface area contributed by atoms with E-state index in [1.807, 2.05) is 0 Å². The maximum atomic E-state index is 8.90. The van der Waals surface area contributed by atoms with Crippen molar-refractivity contribution in [3.63, 3.8) is 0 Å². The third-order valence-corrected chi connectivity index (χ3v) is 0.0781. The Labute approximate surface area is 80.5 Å². The van der Waals surface area contributed by atoms with Crippen LogP contribution in [0.3, 0.4) is 0 Å². The van der Waals surface area contributed by atoms with Gasteiger partial charge in [0.1, 0.15) is 0 Å². The van der Waals surface area contributed by atoms with E-state index in [-0.39, 0.29) is 55.1 Å². The first-order valence-electron chi connectivity index (χ1n) is 0.814. The van der Waals surface area contributed by atoms with E-state index >= 15 is 0 Å². The second-order valence-electron chi connectivity index (χ2n) is 0.357. The van der Waals surface area contributed by atoms with Gasteiger partial charge in [0.2, 0.25) is 0 Å². The van der Waals surface area contributed by atoms with Crippen LogP contribution in [0.5, 0.6) is 0 Å². The molecule has 0 aromatic heterocycles. The number of hydrogen-bond acceptors (Lipinski definition) is 3. The van der Waals surface area contributed by atoms with Gasteiger partial charge in [-0.25, -0.2) is 4.79 Å². The van der Waals surface area contributed by atoms with Gasteiger partial charge in [-0.1, -0.05) is 0 Å². The Bertz CT molecular complexity index is 47.0. The molecule has 0 spiro atoms. The van der Waals surface area contributed by atoms with Crippen LogP contribution in [0.2, 0.25) is 0 Å². The first kappa shape index (κ1) is 15.7. The van der Waals surface area contributed by atoms with Crippen LogP contribution < -0.4 is 0 Å². The summed E-state index contributed by atoms with van der Waals surface area (Å²) in [4.78, 5) is 11.6. The molecule has 0 fully saturated rings. The monoisotopic (exact) mass is 150 g/mol. The van der Waals surface area contributed by atoms with E-state index in [1.165, 1.54) is 0 Å². The predicted molar refractivity (Wildman–Crippen MR) is 30.2 cm³/mol. The summed E-state index contributed by atoms with van der Waals surface area (Å²) in [6.07, 6.45) is -1.69. The van der Waals surface area contributed by atoms with Crippen LogP contribution in [0, 0.1) is 0 Å². The summed E-state index contributed by atoms with van der Waals surface area (Å²) in [6.45, 7) is 0. The Morgan fingerprint density at radius 3 is 1.71 bits per heavy atom. The van der Waals surface area contributed by atoms with Crippen molar-refractivity contribution in [2.45, 2.75) is 0 Å². The zero-order valence-electron chi connectivity index (χ0n) is 2.21. The molecule has 0 aliphatic rings. The summed E-state index contributed by atoms with van der Waals surface area (Å²) in [7, 11) is 0. The Morgan fingerprint density at radius 1 is 1.57 bits per heavy atom. The Morgan fingerprint density at radius 2 is 1.71 bits per heavy atom. The van der Waals surface area contributed by atoms with Crippen LogP contribution in [0.1, 0.15) is 0 Å². The molecule has 0 aromatic rings. The second-order valence-corrected chi connectivity index (χ2v) is 0.357. The van der Waals surface area contributed by atoms with Gasteiger partial charge >= 0.3 is 43.9 Å². The standard InChI is InChI=1S/CH2O4.Al.Ca.5H/c2-1(3)5-4;;;;;;;/h4H,(H,2,3);;;;;;;. The van der Waals surface area contributed by atoms with Crippen LogP contribution >= 0.6 is 0 Å². The van der Waals surface area contributed by atoms with E-state index < -0.39 is 6.16 Å². The fraction of sp³-hybridized carbons (Fsp3) is 0. The molecule has 2 N–H and O–H groups in total. The molecule has 0 amide bonds. The maximum absolute atomic E-state index is 8.90. The summed E-state index contributed by atoms with van der Waals surface area (Å²) < 4.78 is 0. The van der Waals surface area contributed by atoms with Gasteiger partial charge in [0, 0.05) is 0 Å². The van der Waals surface area contributed by atoms with Crippen LogP contribution in [-0.2, 0) is 4.89 Å². The molecule has 0 bridgehead atoms. The Hall–Kier alpha value is 1.02. The van der Waals surface area contributed by atoms with Crippen molar-refractivity contribution >= 4 is 61.3 Å². The molecule has 40 valence electrons. The average molecular weight is 150 g/mol. The van der Waals surface area contributed by atoms with Crippen molar-refractivity contribution in [2.75, 3.05) is 0 Å². The predicted octanol–water partition coefficient (Wildman–Crippen LogP) is -1.95. The summed E-state index contributed by atoms with van der Waals surface area (Å²) in [5.41, 5.74) is 0. The summed E-state index contributed by atoms with van der Waals surface area (Å²) in [5, 5.41) is 14.3. The molecule has 0 saturated carbocycles. The van der Waals surface area contributed by atoms with Gasteiger partial charge in [-0.05, 0) is 0 Å². The van der Waals surface area contributed by atoms with E-state index in [4.69, 9.17) is 15.2 Å². The molecule has 0 atom stereocenters. The van der Waals surface area contributed by atoms with Gasteiger partial charge in [0.15, 0.2) is 17.4 Å². The van der Waals surface area contributed by atoms with Gasteiger partial charge in [-0.15, -0.1) is 0 Å². The summed E-state index contributed by atoms with van der Waals surface area (Å²) in [6, 6.07) is 0. The van der Waals surface area contributed by atoms with Gasteiger partial charge in [-0.2, -0.15) is 5.26 Å². The summed E-state index contributed by atoms with van der Waals surface area (Å²) >= 11 is 0. The minimum absolute atomic E-state index is 0. The quantitative estimate of drug-likeness (QED) is 0.239. The summed E-state index contributed by atoms with van der Waals surface area (Å²) in [5.74, 6) is 0. The average Bonchev–Trinajstić information content (AvgIpc) is 1.38. The molecular weight excluding hydrogens is 143 g/mol. The van der Waals surface area contributed by atoms with Crippen molar-refractivity contribution in [3.8, 4) is 0 Å².